The molecule has 0 aromatic rings. The third-order valence-corrected chi connectivity index (χ3v) is 5.50. The first-order chi connectivity index (χ1) is 17.4. The molecule has 3 amide bonds. The molecule has 1 aliphatic heterocycles. The van der Waals surface area contributed by atoms with Gasteiger partial charge in [0, 0.05) is 25.1 Å². The average Bonchev–Trinajstić information content (AvgIpc) is 2.81. The smallest absolute Gasteiger partial charge is 0.355 e. The molecule has 0 saturated carbocycles. The van der Waals surface area contributed by atoms with Gasteiger partial charge < -0.3 is 30.5 Å². The fraction of sp³-hybridized carbons (Fsp3) is 0.700. The van der Waals surface area contributed by atoms with Gasteiger partial charge in [-0.2, -0.15) is 17.6 Å². The predicted molar refractivity (Wildman–Crippen MR) is 121 cm³/mol. The normalized spacial score (nSPS) is 16.6. The second kappa shape index (κ2) is 17.1. The molecule has 0 spiro atoms. The van der Waals surface area contributed by atoms with Gasteiger partial charge in [0.1, 0.15) is 6.04 Å². The van der Waals surface area contributed by atoms with Gasteiger partial charge in [-0.25, -0.2) is 8.98 Å². The fourth-order valence-corrected chi connectivity index (χ4v) is 3.43. The van der Waals surface area contributed by atoms with E-state index in [1.54, 1.807) is 11.8 Å². The summed E-state index contributed by atoms with van der Waals surface area (Å²) in [5.41, 5.74) is 0.674. The van der Waals surface area contributed by atoms with Gasteiger partial charge in [-0.15, -0.1) is 6.58 Å². The average molecular weight is 563 g/mol. The van der Waals surface area contributed by atoms with E-state index >= 15 is 0 Å². The number of hydrogen-bond donors (Lipinski definition) is 4. The summed E-state index contributed by atoms with van der Waals surface area (Å²) in [6, 6.07) is -3.20. The van der Waals surface area contributed by atoms with Gasteiger partial charge in [-0.05, 0) is 19.8 Å². The highest BCUT2D eigenvalue weighted by atomic mass is 32.2. The van der Waals surface area contributed by atoms with E-state index in [2.05, 4.69) is 26.1 Å². The summed E-state index contributed by atoms with van der Waals surface area (Å²) in [5.74, 6) is -4.58. The molecule has 0 bridgehead atoms. The van der Waals surface area contributed by atoms with Crippen LogP contribution in [-0.2, 0) is 32.8 Å². The number of nitrogens with zero attached hydrogens (tertiary/aromatic N) is 1. The van der Waals surface area contributed by atoms with Crippen LogP contribution in [0.2, 0.25) is 0 Å². The Morgan fingerprint density at radius 2 is 1.68 bits per heavy atom. The lowest BCUT2D eigenvalue weighted by atomic mass is 10.1. The molecule has 0 radical (unpaired) electrons. The lowest BCUT2D eigenvalue weighted by molar-refractivity contribution is -0.156. The Morgan fingerprint density at radius 1 is 1.03 bits per heavy atom. The van der Waals surface area contributed by atoms with Crippen LogP contribution in [-0.4, -0.2) is 104 Å². The van der Waals surface area contributed by atoms with Crippen molar-refractivity contribution in [2.45, 2.75) is 50.4 Å². The Hall–Kier alpha value is -2.47. The van der Waals surface area contributed by atoms with E-state index in [0.29, 0.717) is 38.3 Å². The van der Waals surface area contributed by atoms with Crippen molar-refractivity contribution in [2.75, 3.05) is 39.5 Å². The molecular formula is C20H30F4N4O8S. The molecule has 1 aliphatic rings. The third-order valence-electron chi connectivity index (χ3n) is 4.72. The fourth-order valence-electron chi connectivity index (χ4n) is 2.91. The Labute approximate surface area is 214 Å². The summed E-state index contributed by atoms with van der Waals surface area (Å²) < 4.78 is 62.8. The highest BCUT2D eigenvalue weighted by molar-refractivity contribution is 7.96. The number of ether oxygens (including phenoxy) is 2. The summed E-state index contributed by atoms with van der Waals surface area (Å²) >= 11 is -0.195. The number of carboxylic acids is 1. The van der Waals surface area contributed by atoms with Gasteiger partial charge in [-0.1, -0.05) is 5.57 Å². The zero-order chi connectivity index (χ0) is 28.0. The first kappa shape index (κ1) is 32.6. The molecule has 1 fully saturated rings. The quantitative estimate of drug-likeness (QED) is 0.0842. The molecule has 1 rings (SSSR count). The van der Waals surface area contributed by atoms with E-state index in [0.717, 1.165) is 0 Å². The monoisotopic (exact) mass is 562 g/mol. The number of nitrogens with one attached hydrogen (secondary N) is 3. The van der Waals surface area contributed by atoms with Crippen LogP contribution in [0.5, 0.6) is 0 Å². The number of aliphatic carboxylic acids is 1. The van der Waals surface area contributed by atoms with Gasteiger partial charge in [0.05, 0.1) is 26.4 Å². The summed E-state index contributed by atoms with van der Waals surface area (Å²) in [7, 11) is 0. The largest absolute Gasteiger partial charge is 0.480 e. The van der Waals surface area contributed by atoms with E-state index in [1.165, 1.54) is 0 Å². The van der Waals surface area contributed by atoms with Crippen molar-refractivity contribution in [3.63, 3.8) is 0 Å². The van der Waals surface area contributed by atoms with Gasteiger partial charge in [0.25, 0.3) is 5.91 Å². The lowest BCUT2D eigenvalue weighted by Gasteiger charge is -2.27. The molecule has 1 unspecified atom stereocenters. The molecule has 1 saturated heterocycles. The van der Waals surface area contributed by atoms with Crippen LogP contribution < -0.4 is 16.0 Å². The van der Waals surface area contributed by atoms with Crippen molar-refractivity contribution >= 4 is 35.7 Å². The van der Waals surface area contributed by atoms with Crippen molar-refractivity contribution in [3.05, 3.63) is 12.2 Å². The Kier molecular flexibility index (Phi) is 15.1. The molecule has 3 atom stereocenters. The van der Waals surface area contributed by atoms with Crippen LogP contribution in [0.3, 0.4) is 0 Å². The van der Waals surface area contributed by atoms with Crippen LogP contribution >= 0.6 is 12.0 Å². The molecular weight excluding hydrogens is 532 g/mol. The topological polar surface area (TPSA) is 156 Å². The van der Waals surface area contributed by atoms with E-state index in [1.807, 2.05) is 5.32 Å². The van der Waals surface area contributed by atoms with Crippen molar-refractivity contribution in [2.24, 2.45) is 0 Å². The van der Waals surface area contributed by atoms with Crippen molar-refractivity contribution in [3.8, 4) is 0 Å². The number of rotatable bonds is 17. The maximum atomic E-state index is 12.9. The Bertz CT molecular complexity index is 789. The molecule has 0 aliphatic carbocycles. The zero-order valence-electron chi connectivity index (χ0n) is 19.9. The van der Waals surface area contributed by atoms with Crippen molar-refractivity contribution in [1.82, 2.24) is 20.9 Å². The van der Waals surface area contributed by atoms with Crippen LogP contribution in [0.15, 0.2) is 12.2 Å². The minimum atomic E-state index is -3.37. The number of carboxylic acid groups (broad SMARTS) is 1. The summed E-state index contributed by atoms with van der Waals surface area (Å²) in [6.07, 6.45) is 0.338. The molecule has 4 N–H and O–H groups in total. The van der Waals surface area contributed by atoms with Crippen LogP contribution in [0.25, 0.3) is 0 Å². The number of carbonyl (C=O) groups is 4. The molecule has 1 heterocycles. The standard InChI is InChI=1S/C20H30F4N4O8S/c1-11(2)3-4-12(25-14(29)9-28-5-7-34-8-6-28)15(30)27-17(37-36-20(23)24)16(31)26-13(18(32)33)10-35-19(21)22/h12-13,17,19-20H,1,3-10H2,2H3,(H,25,29)(H,26,31)(H,27,30)(H,32,33)/t12-,13-,17?/m0/s1. The van der Waals surface area contributed by atoms with E-state index in [4.69, 9.17) is 9.84 Å². The van der Waals surface area contributed by atoms with Crippen molar-refractivity contribution in [1.29, 1.82) is 0 Å². The molecule has 0 aromatic heterocycles. The van der Waals surface area contributed by atoms with Gasteiger partial charge in [0.2, 0.25) is 11.8 Å². The van der Waals surface area contributed by atoms with Gasteiger partial charge in [-0.3, -0.25) is 19.3 Å². The number of amides is 3. The Balaban J connectivity index is 2.93. The number of alkyl halides is 4. The second-order valence-corrected chi connectivity index (χ2v) is 8.70. The SMILES string of the molecule is C=C(C)CC[C@H](NC(=O)CN1CCOCC1)C(=O)NC(SOC(F)F)C(=O)N[C@@H](COC(F)F)C(=O)O. The number of hydrogen-bond acceptors (Lipinski definition) is 9. The van der Waals surface area contributed by atoms with E-state index < -0.39 is 61.0 Å². The number of allylic oxidation sites excluding steroid dienone is 1. The minimum absolute atomic E-state index is 0.0439. The van der Waals surface area contributed by atoms with E-state index in [9.17, 15) is 36.7 Å². The minimum Gasteiger partial charge on any atom is -0.480 e. The number of morpholine rings is 1. The summed E-state index contributed by atoms with van der Waals surface area (Å²) in [6.45, 7) is -0.621. The molecule has 37 heavy (non-hydrogen) atoms. The highest BCUT2D eigenvalue weighted by Gasteiger charge is 2.32. The summed E-state index contributed by atoms with van der Waals surface area (Å²) in [5, 5.41) is 13.6. The summed E-state index contributed by atoms with van der Waals surface area (Å²) in [4.78, 5) is 51.0. The predicted octanol–water partition coefficient (Wildman–Crippen LogP) is 0.298. The maximum absolute atomic E-state index is 12.9. The Morgan fingerprint density at radius 3 is 2.22 bits per heavy atom. The first-order valence-corrected chi connectivity index (χ1v) is 11.8. The number of halogens is 4. The van der Waals surface area contributed by atoms with E-state index in [-0.39, 0.29) is 25.0 Å². The van der Waals surface area contributed by atoms with Crippen LogP contribution in [0.4, 0.5) is 17.6 Å². The van der Waals surface area contributed by atoms with Crippen LogP contribution in [0.1, 0.15) is 19.8 Å². The van der Waals surface area contributed by atoms with Gasteiger partial charge >= 0.3 is 19.2 Å². The van der Waals surface area contributed by atoms with Crippen LogP contribution in [0, 0.1) is 0 Å². The van der Waals surface area contributed by atoms with Gasteiger partial charge in [0.15, 0.2) is 11.4 Å². The zero-order valence-corrected chi connectivity index (χ0v) is 20.7. The van der Waals surface area contributed by atoms with Crippen molar-refractivity contribution < 1.29 is 55.5 Å². The molecule has 12 nitrogen and oxygen atoms in total. The lowest BCUT2D eigenvalue weighted by Crippen LogP contribution is -2.56. The molecule has 0 aromatic carbocycles. The third kappa shape index (κ3) is 14.2. The number of carbonyl (C=O) groups excluding carboxylic acids is 3. The first-order valence-electron chi connectivity index (χ1n) is 11.0. The molecule has 212 valence electrons. The molecule has 17 heteroatoms. The maximum Gasteiger partial charge on any atom is 0.355 e. The highest BCUT2D eigenvalue weighted by Crippen LogP contribution is 2.16. The second-order valence-electron chi connectivity index (χ2n) is 7.84.